The first kappa shape index (κ1) is 18.9. The Morgan fingerprint density at radius 1 is 1.22 bits per heavy atom. The van der Waals surface area contributed by atoms with E-state index in [2.05, 4.69) is 19.3 Å². The molecule has 150 valence electrons. The van der Waals surface area contributed by atoms with E-state index in [1.165, 1.54) is 25.7 Å². The molecule has 3 N–H and O–H groups in total. The molecule has 3 fully saturated rings. The molecule has 4 rings (SSSR count). The van der Waals surface area contributed by atoms with Gasteiger partial charge in [0.05, 0.1) is 6.10 Å². The van der Waals surface area contributed by atoms with Crippen molar-refractivity contribution in [1.29, 1.82) is 0 Å². The van der Waals surface area contributed by atoms with Crippen molar-refractivity contribution in [2.24, 2.45) is 29.5 Å². The van der Waals surface area contributed by atoms with Gasteiger partial charge in [-0.1, -0.05) is 13.3 Å². The van der Waals surface area contributed by atoms with Crippen LogP contribution in [-0.2, 0) is 20.8 Å². The maximum atomic E-state index is 11.5. The van der Waals surface area contributed by atoms with Crippen LogP contribution in [0, 0.1) is 23.7 Å². The maximum absolute atomic E-state index is 11.5. The first-order valence-corrected chi connectivity index (χ1v) is 10.1. The number of furan rings is 1. The van der Waals surface area contributed by atoms with Gasteiger partial charge in [-0.2, -0.15) is 0 Å². The Hall–Kier alpha value is -1.41. The van der Waals surface area contributed by atoms with Gasteiger partial charge >= 0.3 is 5.91 Å². The Kier molecular flexibility index (Phi) is 5.55. The van der Waals surface area contributed by atoms with Crippen molar-refractivity contribution in [2.45, 2.75) is 71.2 Å². The Bertz CT molecular complexity index is 663. The second-order valence-corrected chi connectivity index (χ2v) is 8.24. The van der Waals surface area contributed by atoms with E-state index in [0.717, 1.165) is 6.42 Å². The van der Waals surface area contributed by atoms with E-state index in [-0.39, 0.29) is 31.1 Å². The molecule has 0 bridgehead atoms. The number of ether oxygens (including phenoxy) is 3. The summed E-state index contributed by atoms with van der Waals surface area (Å²) in [6.45, 7) is 4.60. The van der Waals surface area contributed by atoms with Crippen LogP contribution in [0.1, 0.15) is 62.3 Å². The lowest BCUT2D eigenvalue weighted by molar-refractivity contribution is -0.334. The molecule has 0 aromatic carbocycles. The smallest absolute Gasteiger partial charge is 0.300 e. The molecular formula is C20H30N2O5. The largest absolute Gasteiger partial charge is 0.453 e. The molecule has 3 aliphatic rings. The number of nitrogens with two attached hydrogens (primary N) is 1. The van der Waals surface area contributed by atoms with Crippen molar-refractivity contribution in [3.63, 3.8) is 0 Å². The minimum absolute atomic E-state index is 0.171. The summed E-state index contributed by atoms with van der Waals surface area (Å²) >= 11 is 0. The van der Waals surface area contributed by atoms with Crippen LogP contribution < -0.4 is 11.3 Å². The molecular weight excluding hydrogens is 348 g/mol. The zero-order chi connectivity index (χ0) is 19.0. The lowest BCUT2D eigenvalue weighted by Crippen LogP contribution is -2.52. The van der Waals surface area contributed by atoms with E-state index in [9.17, 15) is 4.79 Å². The summed E-state index contributed by atoms with van der Waals surface area (Å²) in [7, 11) is 0. The quantitative estimate of drug-likeness (QED) is 0.475. The van der Waals surface area contributed by atoms with Crippen molar-refractivity contribution in [1.82, 2.24) is 5.43 Å². The Balaban J connectivity index is 1.44. The predicted molar refractivity (Wildman–Crippen MR) is 97.1 cm³/mol. The van der Waals surface area contributed by atoms with Gasteiger partial charge in [-0.3, -0.25) is 10.2 Å². The Labute approximate surface area is 159 Å². The Morgan fingerprint density at radius 3 is 2.89 bits per heavy atom. The first-order valence-electron chi connectivity index (χ1n) is 10.1. The van der Waals surface area contributed by atoms with Crippen LogP contribution in [0.5, 0.6) is 0 Å². The molecule has 0 spiro atoms. The van der Waals surface area contributed by atoms with Gasteiger partial charge < -0.3 is 18.6 Å². The molecule has 1 amide bonds. The summed E-state index contributed by atoms with van der Waals surface area (Å²) in [5.74, 6) is 7.45. The average Bonchev–Trinajstić information content (AvgIpc) is 3.09. The number of carbonyl (C=O) groups excluding carboxylic acids is 1. The number of hydrogen-bond acceptors (Lipinski definition) is 6. The highest BCUT2D eigenvalue weighted by Gasteiger charge is 2.50. The number of hydrazine groups is 1. The second-order valence-electron chi connectivity index (χ2n) is 8.24. The zero-order valence-corrected chi connectivity index (χ0v) is 16.1. The van der Waals surface area contributed by atoms with Gasteiger partial charge in [0.2, 0.25) is 0 Å². The summed E-state index contributed by atoms with van der Waals surface area (Å²) in [6, 6.07) is 3.31. The third-order valence-corrected chi connectivity index (χ3v) is 6.56. The monoisotopic (exact) mass is 378 g/mol. The van der Waals surface area contributed by atoms with E-state index in [1.54, 1.807) is 12.1 Å². The topological polar surface area (TPSA) is 96.0 Å². The van der Waals surface area contributed by atoms with Gasteiger partial charge in [-0.15, -0.1) is 0 Å². The van der Waals surface area contributed by atoms with Gasteiger partial charge in [0.25, 0.3) is 0 Å². The summed E-state index contributed by atoms with van der Waals surface area (Å²) < 4.78 is 24.1. The number of hydrogen-bond donors (Lipinski definition) is 2. The highest BCUT2D eigenvalue weighted by atomic mass is 16.8. The Morgan fingerprint density at radius 2 is 2.07 bits per heavy atom. The number of nitrogen functional groups attached to an aromatic ring is 1. The third-order valence-electron chi connectivity index (χ3n) is 6.56. The molecule has 1 aromatic heterocycles. The van der Waals surface area contributed by atoms with Crippen molar-refractivity contribution in [3.05, 3.63) is 23.7 Å². The van der Waals surface area contributed by atoms with E-state index in [0.29, 0.717) is 29.4 Å². The summed E-state index contributed by atoms with van der Waals surface area (Å²) in [5.41, 5.74) is 2.06. The number of rotatable bonds is 4. The van der Waals surface area contributed by atoms with Crippen LogP contribution in [0.2, 0.25) is 0 Å². The number of carbonyl (C=O) groups is 1. The zero-order valence-electron chi connectivity index (χ0n) is 16.1. The number of amides is 1. The molecule has 27 heavy (non-hydrogen) atoms. The summed E-state index contributed by atoms with van der Waals surface area (Å²) in [6.07, 6.45) is 5.81. The van der Waals surface area contributed by atoms with E-state index >= 15 is 0 Å². The fourth-order valence-electron chi connectivity index (χ4n) is 5.15. The molecule has 5 unspecified atom stereocenters. The molecule has 7 atom stereocenters. The van der Waals surface area contributed by atoms with Crippen LogP contribution in [-0.4, -0.2) is 24.6 Å². The molecule has 0 radical (unpaired) electrons. The van der Waals surface area contributed by atoms with Crippen molar-refractivity contribution in [2.75, 3.05) is 0 Å². The lowest BCUT2D eigenvalue weighted by Gasteiger charge is -2.50. The SMILES string of the molecule is C[C@H]1C(OCc2ccc(C(=O)NN)o2)OC2O[C@@H](C)CCC3CCCC1C32. The molecule has 3 heterocycles. The molecule has 7 heteroatoms. The molecule has 1 aromatic rings. The average molecular weight is 378 g/mol. The third kappa shape index (κ3) is 3.78. The molecule has 2 saturated heterocycles. The minimum atomic E-state index is -0.458. The molecule has 2 aliphatic heterocycles. The molecule has 1 aliphatic carbocycles. The van der Waals surface area contributed by atoms with Crippen LogP contribution in [0.3, 0.4) is 0 Å². The van der Waals surface area contributed by atoms with Crippen molar-refractivity contribution >= 4 is 5.91 Å². The van der Waals surface area contributed by atoms with Gasteiger partial charge in [-0.05, 0) is 56.6 Å². The fraction of sp³-hybridized carbons (Fsp3) is 0.750. The van der Waals surface area contributed by atoms with Gasteiger partial charge in [0.1, 0.15) is 12.4 Å². The van der Waals surface area contributed by atoms with E-state index in [4.69, 9.17) is 24.5 Å². The van der Waals surface area contributed by atoms with E-state index < -0.39 is 5.91 Å². The summed E-state index contributed by atoms with van der Waals surface area (Å²) in [4.78, 5) is 11.5. The highest BCUT2D eigenvalue weighted by molar-refractivity contribution is 5.90. The van der Waals surface area contributed by atoms with Gasteiger partial charge in [-0.25, -0.2) is 5.84 Å². The van der Waals surface area contributed by atoms with Crippen molar-refractivity contribution < 1.29 is 23.4 Å². The summed E-state index contributed by atoms with van der Waals surface area (Å²) in [5, 5.41) is 0. The number of nitrogens with one attached hydrogen (secondary N) is 1. The molecule has 7 nitrogen and oxygen atoms in total. The van der Waals surface area contributed by atoms with E-state index in [1.807, 2.05) is 0 Å². The van der Waals surface area contributed by atoms with Gasteiger partial charge in [0.15, 0.2) is 18.3 Å². The normalized spacial score (nSPS) is 38.7. The van der Waals surface area contributed by atoms with Crippen LogP contribution in [0.25, 0.3) is 0 Å². The second kappa shape index (κ2) is 7.91. The van der Waals surface area contributed by atoms with Crippen LogP contribution >= 0.6 is 0 Å². The minimum Gasteiger partial charge on any atom is -0.453 e. The van der Waals surface area contributed by atoms with Crippen LogP contribution in [0.4, 0.5) is 0 Å². The molecule has 1 saturated carbocycles. The van der Waals surface area contributed by atoms with Crippen molar-refractivity contribution in [3.8, 4) is 0 Å². The van der Waals surface area contributed by atoms with Gasteiger partial charge in [0, 0.05) is 11.8 Å². The first-order chi connectivity index (χ1) is 13.1. The lowest BCUT2D eigenvalue weighted by atomic mass is 9.65. The highest BCUT2D eigenvalue weighted by Crippen LogP contribution is 2.50. The predicted octanol–water partition coefficient (Wildman–Crippen LogP) is 2.95. The van der Waals surface area contributed by atoms with Crippen LogP contribution in [0.15, 0.2) is 16.5 Å². The maximum Gasteiger partial charge on any atom is 0.300 e. The fourth-order valence-corrected chi connectivity index (χ4v) is 5.15. The standard InChI is InChI=1S/C20H30N2O5/c1-11-6-7-13-4-3-5-15-12(2)19(27-20(25-11)17(13)15)24-10-14-8-9-16(26-14)18(23)22-21/h8-9,11-13,15,17,19-20H,3-7,10,21H2,1-2H3,(H,22,23)/t11-,12+,13?,15?,17?,19?,20?/m0/s1.